The first kappa shape index (κ1) is 21.0. The zero-order valence-electron chi connectivity index (χ0n) is 20.4. The fourth-order valence-electron chi connectivity index (χ4n) is 2.93. The first-order valence-corrected chi connectivity index (χ1v) is 11.1. The lowest BCUT2D eigenvalue weighted by Gasteiger charge is -2.17. The molecule has 4 N–H and O–H groups in total. The van der Waals surface area contributed by atoms with Crippen molar-refractivity contribution < 1.29 is 37.0 Å². The Morgan fingerprint density at radius 2 is 1.91 bits per heavy atom. The second-order valence-electron chi connectivity index (χ2n) is 7.38. The van der Waals surface area contributed by atoms with E-state index in [9.17, 15) is 27.8 Å². The highest BCUT2D eigenvalue weighted by molar-refractivity contribution is 7.91. The third kappa shape index (κ3) is 7.66. The van der Waals surface area contributed by atoms with Crippen LogP contribution in [0, 0.1) is 5.82 Å². The van der Waals surface area contributed by atoms with Crippen LogP contribution in [0.25, 0.3) is 17.3 Å². The van der Waals surface area contributed by atoms with E-state index in [0.717, 1.165) is 12.1 Å². The van der Waals surface area contributed by atoms with Gasteiger partial charge in [0.1, 0.15) is 5.82 Å². The van der Waals surface area contributed by atoms with Gasteiger partial charge in [0.15, 0.2) is 0 Å². The highest BCUT2D eigenvalue weighted by Crippen LogP contribution is 2.30. The summed E-state index contributed by atoms with van der Waals surface area (Å²) in [5.41, 5.74) is 1.10. The van der Waals surface area contributed by atoms with Crippen LogP contribution >= 0.6 is 0 Å². The summed E-state index contributed by atoms with van der Waals surface area (Å²) in [6.07, 6.45) is -4.00. The average molecular weight is 472 g/mol. The van der Waals surface area contributed by atoms with Crippen LogP contribution in [-0.2, 0) is 14.8 Å². The van der Waals surface area contributed by atoms with Crippen LogP contribution in [-0.4, -0.2) is 58.1 Å². The van der Waals surface area contributed by atoms with Gasteiger partial charge in [0, 0.05) is 21.7 Å². The Morgan fingerprint density at radius 1 is 1.25 bits per heavy atom. The van der Waals surface area contributed by atoms with Crippen LogP contribution in [0.1, 0.15) is 48.0 Å². The van der Waals surface area contributed by atoms with E-state index in [4.69, 9.17) is 9.22 Å². The van der Waals surface area contributed by atoms with E-state index in [1.807, 2.05) is 4.72 Å². The summed E-state index contributed by atoms with van der Waals surface area (Å²) >= 11 is 0. The van der Waals surface area contributed by atoms with Crippen LogP contribution in [0.15, 0.2) is 30.3 Å². The zero-order valence-corrected chi connectivity index (χ0v) is 18.2. The van der Waals surface area contributed by atoms with Crippen molar-refractivity contribution >= 4 is 28.0 Å². The molecule has 11 heteroatoms. The van der Waals surface area contributed by atoms with Crippen molar-refractivity contribution in [1.29, 1.82) is 0 Å². The second-order valence-corrected chi connectivity index (χ2v) is 8.59. The summed E-state index contributed by atoms with van der Waals surface area (Å²) in [7, 11) is -4.83. The molecule has 0 amide bonds. The van der Waals surface area contributed by atoms with Crippen LogP contribution in [0.4, 0.5) is 10.3 Å². The maximum Gasteiger partial charge on any atom is 0.305 e. The van der Waals surface area contributed by atoms with Crippen molar-refractivity contribution in [3.05, 3.63) is 47.4 Å². The molecule has 9 nitrogen and oxygen atoms in total. The topological polar surface area (TPSA) is 150 Å². The summed E-state index contributed by atoms with van der Waals surface area (Å²) < 4.78 is 61.3. The van der Waals surface area contributed by atoms with E-state index in [-0.39, 0.29) is 23.7 Å². The first-order chi connectivity index (χ1) is 16.1. The molecule has 0 aliphatic carbocycles. The van der Waals surface area contributed by atoms with Crippen molar-refractivity contribution in [3.63, 3.8) is 0 Å². The number of hydrogen-bond donors (Lipinski definition) is 4. The van der Waals surface area contributed by atoms with Crippen molar-refractivity contribution in [1.82, 2.24) is 9.97 Å². The van der Waals surface area contributed by atoms with Crippen molar-refractivity contribution in [2.45, 2.75) is 44.8 Å². The van der Waals surface area contributed by atoms with E-state index in [1.165, 1.54) is 24.3 Å². The number of carbonyl (C=O) groups is 1. The van der Waals surface area contributed by atoms with Gasteiger partial charge < -0.3 is 15.3 Å². The molecule has 0 spiro atoms. The third-order valence-electron chi connectivity index (χ3n) is 4.27. The third-order valence-corrected chi connectivity index (χ3v) is 4.73. The Kier molecular flexibility index (Phi) is 6.96. The molecule has 1 aromatic heterocycles. The lowest BCUT2D eigenvalue weighted by Crippen LogP contribution is -2.19. The normalized spacial score (nSPS) is 15.8. The number of halogens is 1. The molecule has 32 heavy (non-hydrogen) atoms. The lowest BCUT2D eigenvalue weighted by molar-refractivity contribution is -0.139. The van der Waals surface area contributed by atoms with Crippen LogP contribution in [0.5, 0.6) is 0 Å². The quantitative estimate of drug-likeness (QED) is 0.386. The number of aliphatic carboxylic acids is 1. The summed E-state index contributed by atoms with van der Waals surface area (Å²) in [5.74, 6) is -2.59. The number of carboxylic acids is 1. The molecular formula is C21H26FN3O6S. The molecule has 2 rings (SSSR count). The van der Waals surface area contributed by atoms with Gasteiger partial charge in [-0.15, -0.1) is 0 Å². The molecule has 0 unspecified atom stereocenters. The van der Waals surface area contributed by atoms with E-state index in [1.54, 1.807) is 13.8 Å². The highest BCUT2D eigenvalue weighted by Gasteiger charge is 2.19. The van der Waals surface area contributed by atoms with Gasteiger partial charge in [-0.05, 0) is 30.2 Å². The molecule has 2 aromatic rings. The number of anilines is 1. The van der Waals surface area contributed by atoms with E-state index in [2.05, 4.69) is 9.97 Å². The Labute approximate surface area is 189 Å². The molecule has 0 saturated carbocycles. The Bertz CT molecular complexity index is 1190. The van der Waals surface area contributed by atoms with E-state index in [0.29, 0.717) is 11.1 Å². The predicted molar refractivity (Wildman–Crippen MR) is 118 cm³/mol. The van der Waals surface area contributed by atoms with Gasteiger partial charge in [-0.1, -0.05) is 26.0 Å². The monoisotopic (exact) mass is 471 g/mol. The molecule has 174 valence electrons. The number of rotatable bonds is 10. The van der Waals surface area contributed by atoms with Gasteiger partial charge in [-0.3, -0.25) is 9.52 Å². The lowest BCUT2D eigenvalue weighted by atomic mass is 9.97. The summed E-state index contributed by atoms with van der Waals surface area (Å²) in [4.78, 5) is 19.0. The number of nitrogens with one attached hydrogen (secondary N) is 1. The SMILES string of the molecule is [2H][13C]([2H])([2H])S(=O)(=O)Nc1nc(-c2ccc(F)cc2)c(/C=C/[C@@H](O)C[C@@H](O)CC(=O)O)c(C(C)C)n1. The van der Waals surface area contributed by atoms with Crippen LogP contribution < -0.4 is 4.72 Å². The fourth-order valence-corrected chi connectivity index (χ4v) is 3.27. The molecule has 1 heterocycles. The standard InChI is InChI=1S/C21H26FN3O6S/c1-12(2)19-17(9-8-15(26)10-16(27)11-18(28)29)20(13-4-6-14(22)7-5-13)24-21(23-19)25-32(3,30)31/h4-9,12,15-16,26-27H,10-11H2,1-3H3,(H,28,29)(H,23,24,25)/b9-8+/t15-,16-/m1/s1/i3+1D3. The fraction of sp³-hybridized carbons (Fsp3) is 0.381. The average Bonchev–Trinajstić information content (AvgIpc) is 2.71. The van der Waals surface area contributed by atoms with Gasteiger partial charge in [-0.2, -0.15) is 0 Å². The number of benzene rings is 1. The largest absolute Gasteiger partial charge is 0.481 e. The van der Waals surface area contributed by atoms with E-state index < -0.39 is 52.6 Å². The molecule has 0 saturated heterocycles. The zero-order chi connectivity index (χ0) is 26.6. The molecular weight excluding hydrogens is 442 g/mol. The summed E-state index contributed by atoms with van der Waals surface area (Å²) in [6, 6.07) is 5.08. The number of hydrogen-bond acceptors (Lipinski definition) is 7. The Balaban J connectivity index is 2.60. The molecule has 0 aliphatic heterocycles. The summed E-state index contributed by atoms with van der Waals surface area (Å²) in [6.45, 7) is 3.48. The number of aromatic nitrogens is 2. The van der Waals surface area contributed by atoms with Crippen LogP contribution in [0.3, 0.4) is 0 Å². The Hall–Kier alpha value is -2.89. The molecule has 1 aromatic carbocycles. The molecule has 2 atom stereocenters. The minimum absolute atomic E-state index is 0.126. The molecule has 0 bridgehead atoms. The van der Waals surface area contributed by atoms with Crippen molar-refractivity contribution in [2.24, 2.45) is 0 Å². The molecule has 0 fully saturated rings. The minimum atomic E-state index is -4.83. The number of aliphatic hydroxyl groups is 2. The smallest absolute Gasteiger partial charge is 0.305 e. The number of nitrogens with zero attached hydrogens (tertiary/aromatic N) is 2. The first-order valence-electron chi connectivity index (χ1n) is 11.1. The number of carboxylic acid groups (broad SMARTS) is 1. The minimum Gasteiger partial charge on any atom is -0.481 e. The molecule has 0 radical (unpaired) electrons. The van der Waals surface area contributed by atoms with Gasteiger partial charge in [0.05, 0.1) is 36.2 Å². The van der Waals surface area contributed by atoms with Crippen molar-refractivity contribution in [2.75, 3.05) is 10.9 Å². The van der Waals surface area contributed by atoms with Gasteiger partial charge in [0.2, 0.25) is 16.0 Å². The maximum atomic E-state index is 13.5. The van der Waals surface area contributed by atoms with Crippen molar-refractivity contribution in [3.8, 4) is 11.3 Å². The number of sulfonamides is 1. The second kappa shape index (κ2) is 10.6. The summed E-state index contributed by atoms with van der Waals surface area (Å²) in [5, 5.41) is 28.7. The maximum absolute atomic E-state index is 13.5. The Morgan fingerprint density at radius 3 is 2.47 bits per heavy atom. The van der Waals surface area contributed by atoms with Gasteiger partial charge in [0.25, 0.3) is 0 Å². The van der Waals surface area contributed by atoms with E-state index >= 15 is 0 Å². The predicted octanol–water partition coefficient (Wildman–Crippen LogP) is 2.38. The van der Waals surface area contributed by atoms with Gasteiger partial charge >= 0.3 is 5.97 Å². The number of aliphatic hydroxyl groups excluding tert-OH is 2. The van der Waals surface area contributed by atoms with Gasteiger partial charge in [-0.25, -0.2) is 22.8 Å². The van der Waals surface area contributed by atoms with Crippen LogP contribution in [0.2, 0.25) is 0 Å². The highest BCUT2D eigenvalue weighted by atomic mass is 32.2. The molecule has 0 aliphatic rings.